The Labute approximate surface area is 112 Å². The second-order valence-corrected chi connectivity index (χ2v) is 5.04. The van der Waals surface area contributed by atoms with E-state index in [4.69, 9.17) is 10.3 Å². The molecule has 1 aromatic heterocycles. The van der Waals surface area contributed by atoms with Gasteiger partial charge in [-0.25, -0.2) is 0 Å². The van der Waals surface area contributed by atoms with Gasteiger partial charge in [-0.2, -0.15) is 4.98 Å². The maximum Gasteiger partial charge on any atom is 0.243 e. The van der Waals surface area contributed by atoms with Gasteiger partial charge in [0.2, 0.25) is 5.89 Å². The molecule has 2 N–H and O–H groups in total. The summed E-state index contributed by atoms with van der Waals surface area (Å²) in [5.41, 5.74) is 7.14. The molecular formula is C15H17N3O. The van der Waals surface area contributed by atoms with Gasteiger partial charge in [-0.05, 0) is 24.8 Å². The van der Waals surface area contributed by atoms with Crippen molar-refractivity contribution in [3.05, 3.63) is 60.3 Å². The van der Waals surface area contributed by atoms with Crippen LogP contribution in [0.15, 0.2) is 47.5 Å². The molecule has 1 aliphatic carbocycles. The Kier molecular flexibility index (Phi) is 2.95. The van der Waals surface area contributed by atoms with E-state index in [-0.39, 0.29) is 11.5 Å². The average molecular weight is 255 g/mol. The van der Waals surface area contributed by atoms with E-state index < -0.39 is 0 Å². The fourth-order valence-electron chi connectivity index (χ4n) is 2.38. The average Bonchev–Trinajstić information content (AvgIpc) is 3.10. The van der Waals surface area contributed by atoms with Crippen LogP contribution in [0.4, 0.5) is 0 Å². The molecule has 3 rings (SSSR count). The lowest BCUT2D eigenvalue weighted by Gasteiger charge is -2.10. The van der Waals surface area contributed by atoms with Gasteiger partial charge in [0.1, 0.15) is 0 Å². The topological polar surface area (TPSA) is 64.9 Å². The third-order valence-corrected chi connectivity index (χ3v) is 3.68. The maximum absolute atomic E-state index is 5.95. The van der Waals surface area contributed by atoms with Crippen molar-refractivity contribution in [2.24, 2.45) is 5.73 Å². The molecule has 0 saturated heterocycles. The number of nitrogens with two attached hydrogens (primary N) is 1. The molecule has 4 heteroatoms. The van der Waals surface area contributed by atoms with E-state index >= 15 is 0 Å². The van der Waals surface area contributed by atoms with Gasteiger partial charge in [-0.3, -0.25) is 0 Å². The third kappa shape index (κ3) is 2.08. The highest BCUT2D eigenvalue weighted by atomic mass is 16.5. The van der Waals surface area contributed by atoms with Gasteiger partial charge >= 0.3 is 0 Å². The summed E-state index contributed by atoms with van der Waals surface area (Å²) in [6.07, 6.45) is 4.53. The Morgan fingerprint density at radius 1 is 1.37 bits per heavy atom. The second-order valence-electron chi connectivity index (χ2n) is 5.04. The fraction of sp³-hybridized carbons (Fsp3) is 0.333. The second kappa shape index (κ2) is 4.63. The Morgan fingerprint density at radius 2 is 2.11 bits per heavy atom. The zero-order valence-electron chi connectivity index (χ0n) is 10.7. The van der Waals surface area contributed by atoms with E-state index in [1.165, 1.54) is 5.56 Å². The van der Waals surface area contributed by atoms with Crippen molar-refractivity contribution in [2.45, 2.75) is 30.7 Å². The highest BCUT2D eigenvalue weighted by molar-refractivity contribution is 5.38. The smallest absolute Gasteiger partial charge is 0.243 e. The zero-order chi connectivity index (χ0) is 13.3. The van der Waals surface area contributed by atoms with Crippen LogP contribution in [0.2, 0.25) is 0 Å². The summed E-state index contributed by atoms with van der Waals surface area (Å²) in [7, 11) is 0. The van der Waals surface area contributed by atoms with Gasteiger partial charge in [0.05, 0.1) is 11.5 Å². The highest BCUT2D eigenvalue weighted by Gasteiger charge is 2.50. The Bertz CT molecular complexity index is 572. The third-order valence-electron chi connectivity index (χ3n) is 3.68. The minimum Gasteiger partial charge on any atom is -0.338 e. The van der Waals surface area contributed by atoms with Crippen LogP contribution in [-0.4, -0.2) is 10.1 Å². The summed E-state index contributed by atoms with van der Waals surface area (Å²) < 4.78 is 5.29. The van der Waals surface area contributed by atoms with Gasteiger partial charge in [0.15, 0.2) is 5.82 Å². The molecule has 1 atom stereocenters. The van der Waals surface area contributed by atoms with Crippen molar-refractivity contribution in [2.75, 3.05) is 0 Å². The molecule has 1 unspecified atom stereocenters. The van der Waals surface area contributed by atoms with Crippen molar-refractivity contribution in [3.63, 3.8) is 0 Å². The Hall–Kier alpha value is -1.94. The molecule has 0 amide bonds. The fourth-order valence-corrected chi connectivity index (χ4v) is 2.38. The minimum atomic E-state index is -0.259. The molecule has 1 fully saturated rings. The zero-order valence-corrected chi connectivity index (χ0v) is 10.7. The highest BCUT2D eigenvalue weighted by Crippen LogP contribution is 2.52. The molecule has 1 aromatic carbocycles. The van der Waals surface area contributed by atoms with Crippen molar-refractivity contribution < 1.29 is 4.52 Å². The van der Waals surface area contributed by atoms with Crippen LogP contribution in [0.5, 0.6) is 0 Å². The molecular weight excluding hydrogens is 238 g/mol. The molecule has 19 heavy (non-hydrogen) atoms. The predicted octanol–water partition coefficient (Wildman–Crippen LogP) is 2.73. The first-order valence-corrected chi connectivity index (χ1v) is 6.52. The lowest BCUT2D eigenvalue weighted by molar-refractivity contribution is 0.349. The van der Waals surface area contributed by atoms with Crippen molar-refractivity contribution in [1.29, 1.82) is 0 Å². The SMILES string of the molecule is C=CCC(N)c1nc(C2(c3ccccc3)CC2)no1. The monoisotopic (exact) mass is 255 g/mol. The summed E-state index contributed by atoms with van der Waals surface area (Å²) in [6.45, 7) is 3.67. The Balaban J connectivity index is 1.89. The van der Waals surface area contributed by atoms with Crippen LogP contribution in [0.25, 0.3) is 0 Å². The van der Waals surface area contributed by atoms with E-state index in [2.05, 4.69) is 28.9 Å². The number of hydrogen-bond donors (Lipinski definition) is 1. The summed E-state index contributed by atoms with van der Waals surface area (Å²) in [5, 5.41) is 4.13. The van der Waals surface area contributed by atoms with E-state index in [1.54, 1.807) is 6.08 Å². The van der Waals surface area contributed by atoms with E-state index in [1.807, 2.05) is 18.2 Å². The van der Waals surface area contributed by atoms with Gasteiger partial charge < -0.3 is 10.3 Å². The summed E-state index contributed by atoms with van der Waals surface area (Å²) >= 11 is 0. The molecule has 98 valence electrons. The molecule has 1 saturated carbocycles. The van der Waals surface area contributed by atoms with Crippen LogP contribution in [-0.2, 0) is 5.41 Å². The number of rotatable bonds is 5. The first-order chi connectivity index (χ1) is 9.26. The lowest BCUT2D eigenvalue weighted by Crippen LogP contribution is -2.13. The summed E-state index contributed by atoms with van der Waals surface area (Å²) in [5.74, 6) is 1.25. The minimum absolute atomic E-state index is 0.0586. The van der Waals surface area contributed by atoms with Crippen LogP contribution >= 0.6 is 0 Å². The number of hydrogen-bond acceptors (Lipinski definition) is 4. The van der Waals surface area contributed by atoms with Gasteiger partial charge in [-0.15, -0.1) is 6.58 Å². The molecule has 1 heterocycles. The summed E-state index contributed by atoms with van der Waals surface area (Å²) in [6, 6.07) is 10.1. The lowest BCUT2D eigenvalue weighted by atomic mass is 9.95. The first kappa shape index (κ1) is 12.1. The number of aromatic nitrogens is 2. The normalized spacial score (nSPS) is 17.9. The van der Waals surface area contributed by atoms with Crippen LogP contribution in [0, 0.1) is 0 Å². The largest absolute Gasteiger partial charge is 0.338 e. The van der Waals surface area contributed by atoms with Crippen molar-refractivity contribution in [1.82, 2.24) is 10.1 Å². The van der Waals surface area contributed by atoms with Crippen LogP contribution in [0.3, 0.4) is 0 Å². The van der Waals surface area contributed by atoms with Gasteiger partial charge in [-0.1, -0.05) is 41.6 Å². The predicted molar refractivity (Wildman–Crippen MR) is 72.5 cm³/mol. The molecule has 1 aliphatic rings. The van der Waals surface area contributed by atoms with E-state index in [0.29, 0.717) is 12.3 Å². The molecule has 2 aromatic rings. The molecule has 0 aliphatic heterocycles. The summed E-state index contributed by atoms with van der Waals surface area (Å²) in [4.78, 5) is 4.49. The van der Waals surface area contributed by atoms with E-state index in [9.17, 15) is 0 Å². The van der Waals surface area contributed by atoms with Crippen LogP contribution < -0.4 is 5.73 Å². The number of benzene rings is 1. The maximum atomic E-state index is 5.95. The molecule has 0 radical (unpaired) electrons. The van der Waals surface area contributed by atoms with Crippen molar-refractivity contribution >= 4 is 0 Å². The van der Waals surface area contributed by atoms with Crippen molar-refractivity contribution in [3.8, 4) is 0 Å². The standard InChI is InChI=1S/C15H17N3O/c1-2-6-12(16)13-17-14(18-19-13)15(9-10-15)11-7-4-3-5-8-11/h2-5,7-8,12H,1,6,9-10,16H2. The number of nitrogens with zero attached hydrogens (tertiary/aromatic N) is 2. The first-order valence-electron chi connectivity index (χ1n) is 6.52. The quantitative estimate of drug-likeness (QED) is 0.834. The molecule has 0 bridgehead atoms. The molecule has 0 spiro atoms. The van der Waals surface area contributed by atoms with Gasteiger partial charge in [0, 0.05) is 0 Å². The van der Waals surface area contributed by atoms with E-state index in [0.717, 1.165) is 18.7 Å². The molecule has 4 nitrogen and oxygen atoms in total. The van der Waals surface area contributed by atoms with Crippen LogP contribution in [0.1, 0.15) is 42.6 Å². The Morgan fingerprint density at radius 3 is 2.74 bits per heavy atom. The van der Waals surface area contributed by atoms with Gasteiger partial charge in [0.25, 0.3) is 0 Å².